The Morgan fingerprint density at radius 3 is 3.21 bits per heavy atom. The summed E-state index contributed by atoms with van der Waals surface area (Å²) >= 11 is 0. The van der Waals surface area contributed by atoms with Crippen LogP contribution in [0.3, 0.4) is 0 Å². The monoisotopic (exact) mass is 195 g/mol. The molecular formula is C8H13N5O. The van der Waals surface area contributed by atoms with Crippen molar-refractivity contribution in [2.24, 2.45) is 0 Å². The molecule has 1 aromatic heterocycles. The highest BCUT2D eigenvalue weighted by Crippen LogP contribution is 2.21. The first-order valence-electron chi connectivity index (χ1n) is 4.50. The number of hydrogen-bond acceptors (Lipinski definition) is 3. The van der Waals surface area contributed by atoms with E-state index in [0.717, 1.165) is 17.7 Å². The van der Waals surface area contributed by atoms with E-state index in [2.05, 4.69) is 15.5 Å². The Bertz CT molecular complexity index is 359. The van der Waals surface area contributed by atoms with Crippen molar-refractivity contribution >= 4 is 11.8 Å². The quantitative estimate of drug-likeness (QED) is 0.530. The van der Waals surface area contributed by atoms with E-state index in [0.29, 0.717) is 18.9 Å². The Hall–Kier alpha value is -1.72. The number of nitrogens with two attached hydrogens (primary N) is 1. The molecule has 0 bridgehead atoms. The van der Waals surface area contributed by atoms with Gasteiger partial charge in [0.25, 0.3) is 0 Å². The summed E-state index contributed by atoms with van der Waals surface area (Å²) in [7, 11) is 1.62. The van der Waals surface area contributed by atoms with Crippen molar-refractivity contribution in [2.75, 3.05) is 19.3 Å². The molecule has 0 saturated carbocycles. The van der Waals surface area contributed by atoms with E-state index in [-0.39, 0.29) is 6.03 Å². The maximum absolute atomic E-state index is 11.4. The zero-order valence-electron chi connectivity index (χ0n) is 8.00. The number of H-pyrrole nitrogens is 1. The third-order valence-electron chi connectivity index (χ3n) is 2.47. The molecule has 0 saturated heterocycles. The number of urea groups is 1. The molecule has 1 aliphatic heterocycles. The first kappa shape index (κ1) is 8.86. The van der Waals surface area contributed by atoms with Gasteiger partial charge in [0.2, 0.25) is 0 Å². The lowest BCUT2D eigenvalue weighted by Gasteiger charge is -2.26. The van der Waals surface area contributed by atoms with Crippen molar-refractivity contribution in [3.05, 3.63) is 11.3 Å². The van der Waals surface area contributed by atoms with Crippen LogP contribution in [-0.4, -0.2) is 34.7 Å². The van der Waals surface area contributed by atoms with Crippen LogP contribution in [-0.2, 0) is 13.0 Å². The van der Waals surface area contributed by atoms with Crippen molar-refractivity contribution < 1.29 is 4.79 Å². The molecular weight excluding hydrogens is 182 g/mol. The van der Waals surface area contributed by atoms with E-state index in [1.165, 1.54) is 0 Å². The molecule has 2 rings (SSSR count). The highest BCUT2D eigenvalue weighted by Gasteiger charge is 2.23. The molecule has 2 amide bonds. The Balaban J connectivity index is 2.20. The smallest absolute Gasteiger partial charge is 0.317 e. The first-order chi connectivity index (χ1) is 6.72. The highest BCUT2D eigenvalue weighted by molar-refractivity contribution is 5.74. The van der Waals surface area contributed by atoms with E-state index in [4.69, 9.17) is 5.73 Å². The van der Waals surface area contributed by atoms with Gasteiger partial charge in [0.05, 0.1) is 6.54 Å². The Labute approximate surface area is 81.5 Å². The molecule has 6 nitrogen and oxygen atoms in total. The molecule has 2 heterocycles. The highest BCUT2D eigenvalue weighted by atomic mass is 16.2. The van der Waals surface area contributed by atoms with E-state index in [9.17, 15) is 4.79 Å². The number of anilines is 1. The topological polar surface area (TPSA) is 87.0 Å². The summed E-state index contributed by atoms with van der Waals surface area (Å²) in [4.78, 5) is 13.1. The third-order valence-corrected chi connectivity index (χ3v) is 2.47. The summed E-state index contributed by atoms with van der Waals surface area (Å²) in [5, 5.41) is 9.37. The lowest BCUT2D eigenvalue weighted by atomic mass is 10.1. The number of nitrogens with zero attached hydrogens (tertiary/aromatic N) is 2. The first-order valence-corrected chi connectivity index (χ1v) is 4.50. The van der Waals surface area contributed by atoms with Crippen molar-refractivity contribution in [1.82, 2.24) is 20.4 Å². The van der Waals surface area contributed by atoms with Gasteiger partial charge < -0.3 is 16.0 Å². The van der Waals surface area contributed by atoms with Crippen LogP contribution < -0.4 is 11.1 Å². The summed E-state index contributed by atoms with van der Waals surface area (Å²) in [6.45, 7) is 1.24. The van der Waals surface area contributed by atoms with Crippen LogP contribution >= 0.6 is 0 Å². The lowest BCUT2D eigenvalue weighted by Crippen LogP contribution is -2.41. The summed E-state index contributed by atoms with van der Waals surface area (Å²) in [6, 6.07) is -0.0729. The zero-order chi connectivity index (χ0) is 10.1. The molecule has 0 aromatic carbocycles. The number of hydrogen-bond donors (Lipinski definition) is 3. The van der Waals surface area contributed by atoms with Gasteiger partial charge >= 0.3 is 6.03 Å². The SMILES string of the molecule is CNC(=O)N1CCc2[nH]nc(N)c2C1. The Morgan fingerprint density at radius 2 is 2.50 bits per heavy atom. The molecule has 4 N–H and O–H groups in total. The van der Waals surface area contributed by atoms with Crippen LogP contribution in [0.5, 0.6) is 0 Å². The van der Waals surface area contributed by atoms with Gasteiger partial charge in [0.1, 0.15) is 5.82 Å². The van der Waals surface area contributed by atoms with Gasteiger partial charge in [-0.05, 0) is 0 Å². The number of aromatic nitrogens is 2. The largest absolute Gasteiger partial charge is 0.382 e. The normalized spacial score (nSPS) is 15.1. The minimum absolute atomic E-state index is 0.0729. The fourth-order valence-electron chi connectivity index (χ4n) is 1.65. The van der Waals surface area contributed by atoms with Gasteiger partial charge in [-0.25, -0.2) is 4.79 Å². The van der Waals surface area contributed by atoms with Crippen LogP contribution in [0.15, 0.2) is 0 Å². The molecule has 1 aromatic rings. The van der Waals surface area contributed by atoms with Crippen LogP contribution in [0.4, 0.5) is 10.6 Å². The van der Waals surface area contributed by atoms with Crippen molar-refractivity contribution in [2.45, 2.75) is 13.0 Å². The van der Waals surface area contributed by atoms with E-state index < -0.39 is 0 Å². The molecule has 0 radical (unpaired) electrons. The molecule has 0 atom stereocenters. The van der Waals surface area contributed by atoms with Crippen LogP contribution in [0, 0.1) is 0 Å². The minimum Gasteiger partial charge on any atom is -0.382 e. The fraction of sp³-hybridized carbons (Fsp3) is 0.500. The van der Waals surface area contributed by atoms with Crippen LogP contribution in [0.2, 0.25) is 0 Å². The standard InChI is InChI=1S/C8H13N5O/c1-10-8(14)13-3-2-6-5(4-13)7(9)12-11-6/h2-4H2,1H3,(H,10,14)(H3,9,11,12). The molecule has 6 heteroatoms. The number of rotatable bonds is 0. The van der Waals surface area contributed by atoms with Gasteiger partial charge in [-0.3, -0.25) is 5.10 Å². The molecule has 0 spiro atoms. The Morgan fingerprint density at radius 1 is 1.71 bits per heavy atom. The van der Waals surface area contributed by atoms with E-state index in [1.807, 2.05) is 0 Å². The summed E-state index contributed by atoms with van der Waals surface area (Å²) in [5.74, 6) is 0.494. The van der Waals surface area contributed by atoms with Crippen molar-refractivity contribution in [3.8, 4) is 0 Å². The molecule has 14 heavy (non-hydrogen) atoms. The number of nitrogen functional groups attached to an aromatic ring is 1. The molecule has 0 unspecified atom stereocenters. The molecule has 1 aliphatic rings. The third kappa shape index (κ3) is 1.28. The summed E-state index contributed by atoms with van der Waals surface area (Å²) in [6.07, 6.45) is 0.785. The minimum atomic E-state index is -0.0729. The van der Waals surface area contributed by atoms with Gasteiger partial charge in [-0.2, -0.15) is 5.10 Å². The predicted octanol–water partition coefficient (Wildman–Crippen LogP) is -0.311. The number of aromatic amines is 1. The Kier molecular flexibility index (Phi) is 2.03. The van der Waals surface area contributed by atoms with Gasteiger partial charge in [0, 0.05) is 31.3 Å². The second-order valence-electron chi connectivity index (χ2n) is 3.29. The maximum Gasteiger partial charge on any atom is 0.317 e. The lowest BCUT2D eigenvalue weighted by molar-refractivity contribution is 0.194. The fourth-order valence-corrected chi connectivity index (χ4v) is 1.65. The van der Waals surface area contributed by atoms with Crippen molar-refractivity contribution in [3.63, 3.8) is 0 Å². The molecule has 0 aliphatic carbocycles. The number of nitrogens with one attached hydrogen (secondary N) is 2. The van der Waals surface area contributed by atoms with Gasteiger partial charge in [-0.15, -0.1) is 0 Å². The second-order valence-corrected chi connectivity index (χ2v) is 3.29. The second kappa shape index (κ2) is 3.21. The molecule has 0 fully saturated rings. The van der Waals surface area contributed by atoms with Gasteiger partial charge in [-0.1, -0.05) is 0 Å². The number of carbonyl (C=O) groups excluding carboxylic acids is 1. The van der Waals surface area contributed by atoms with Gasteiger partial charge in [0.15, 0.2) is 0 Å². The zero-order valence-corrected chi connectivity index (χ0v) is 8.00. The van der Waals surface area contributed by atoms with E-state index in [1.54, 1.807) is 11.9 Å². The average Bonchev–Trinajstić information content (AvgIpc) is 2.59. The van der Waals surface area contributed by atoms with E-state index >= 15 is 0 Å². The maximum atomic E-state index is 11.4. The van der Waals surface area contributed by atoms with Crippen molar-refractivity contribution in [1.29, 1.82) is 0 Å². The average molecular weight is 195 g/mol. The molecule has 76 valence electrons. The summed E-state index contributed by atoms with van der Waals surface area (Å²) in [5.41, 5.74) is 7.65. The van der Waals surface area contributed by atoms with Crippen LogP contribution in [0.25, 0.3) is 0 Å². The predicted molar refractivity (Wildman–Crippen MR) is 51.6 cm³/mol. The van der Waals surface area contributed by atoms with Crippen LogP contribution in [0.1, 0.15) is 11.3 Å². The number of amides is 2. The number of fused-ring (bicyclic) bond motifs is 1. The summed E-state index contributed by atoms with van der Waals surface area (Å²) < 4.78 is 0. The number of carbonyl (C=O) groups is 1.